The van der Waals surface area contributed by atoms with Crippen LogP contribution in [0.25, 0.3) is 11.4 Å². The first-order valence-corrected chi connectivity index (χ1v) is 9.95. The lowest BCUT2D eigenvalue weighted by atomic mass is 10.0. The van der Waals surface area contributed by atoms with Crippen molar-refractivity contribution >= 4 is 11.7 Å². The van der Waals surface area contributed by atoms with E-state index < -0.39 is 0 Å². The molecule has 2 aromatic rings. The van der Waals surface area contributed by atoms with Gasteiger partial charge in [0, 0.05) is 43.0 Å². The zero-order valence-electron chi connectivity index (χ0n) is 15.9. The van der Waals surface area contributed by atoms with Crippen LogP contribution in [0.2, 0.25) is 0 Å². The van der Waals surface area contributed by atoms with Gasteiger partial charge in [-0.2, -0.15) is 0 Å². The molecule has 2 aliphatic rings. The molecule has 0 radical (unpaired) electrons. The average molecular weight is 365 g/mol. The van der Waals surface area contributed by atoms with Crippen LogP contribution in [0, 0.1) is 0 Å². The first-order chi connectivity index (χ1) is 13.2. The molecule has 0 aliphatic carbocycles. The maximum Gasteiger partial charge on any atom is 0.253 e. The van der Waals surface area contributed by atoms with Gasteiger partial charge in [0.1, 0.15) is 5.82 Å². The van der Waals surface area contributed by atoms with Crippen LogP contribution in [0.4, 0.5) is 5.82 Å². The number of benzene rings is 1. The lowest BCUT2D eigenvalue weighted by molar-refractivity contribution is 0.0203. The average Bonchev–Trinajstić information content (AvgIpc) is 2.68. The summed E-state index contributed by atoms with van der Waals surface area (Å²) < 4.78 is 0. The Balaban J connectivity index is 1.43. The second-order valence-electron chi connectivity index (χ2n) is 7.34. The highest BCUT2D eigenvalue weighted by molar-refractivity contribution is 5.95. The van der Waals surface area contributed by atoms with E-state index in [0.717, 1.165) is 31.0 Å². The minimum absolute atomic E-state index is 0.105. The molecule has 6 nitrogen and oxygen atoms in total. The zero-order chi connectivity index (χ0) is 18.6. The summed E-state index contributed by atoms with van der Waals surface area (Å²) in [6.45, 7) is 6.89. The van der Waals surface area contributed by atoms with Gasteiger partial charge in [-0.15, -0.1) is 0 Å². The Labute approximate surface area is 160 Å². The highest BCUT2D eigenvalue weighted by Crippen LogP contribution is 2.23. The number of aromatic nitrogens is 2. The molecule has 1 N–H and O–H groups in total. The van der Waals surface area contributed by atoms with E-state index in [9.17, 15) is 4.79 Å². The molecular formula is C21H27N5O. The smallest absolute Gasteiger partial charge is 0.253 e. The van der Waals surface area contributed by atoms with Gasteiger partial charge in [0.05, 0.1) is 0 Å². The molecule has 4 rings (SSSR count). The Bertz CT molecular complexity index is 797. The number of nitrogens with one attached hydrogen (secondary N) is 1. The van der Waals surface area contributed by atoms with Gasteiger partial charge in [0.15, 0.2) is 5.82 Å². The molecule has 2 aliphatic heterocycles. The van der Waals surface area contributed by atoms with Crippen LogP contribution in [-0.4, -0.2) is 64.4 Å². The fourth-order valence-electron chi connectivity index (χ4n) is 3.89. The number of piperidine rings is 1. The summed E-state index contributed by atoms with van der Waals surface area (Å²) in [5, 5.41) is 3.20. The monoisotopic (exact) mass is 365 g/mol. The number of nitrogens with zero attached hydrogens (tertiary/aromatic N) is 4. The number of carbonyl (C=O) groups excluding carboxylic acids is 1. The van der Waals surface area contributed by atoms with Gasteiger partial charge in [0.25, 0.3) is 5.91 Å². The zero-order valence-corrected chi connectivity index (χ0v) is 15.9. The number of carbonyl (C=O) groups is 1. The molecule has 1 amide bonds. The Morgan fingerprint density at radius 1 is 1.19 bits per heavy atom. The normalized spacial score (nSPS) is 18.2. The first kappa shape index (κ1) is 17.9. The van der Waals surface area contributed by atoms with Crippen molar-refractivity contribution < 1.29 is 4.79 Å². The summed E-state index contributed by atoms with van der Waals surface area (Å²) in [5.41, 5.74) is 1.58. The van der Waals surface area contributed by atoms with E-state index >= 15 is 0 Å². The summed E-state index contributed by atoms with van der Waals surface area (Å²) in [4.78, 5) is 26.3. The van der Waals surface area contributed by atoms with E-state index in [2.05, 4.69) is 20.2 Å². The van der Waals surface area contributed by atoms with E-state index in [4.69, 9.17) is 0 Å². The van der Waals surface area contributed by atoms with E-state index in [1.165, 1.54) is 32.4 Å². The highest BCUT2D eigenvalue weighted by atomic mass is 16.2. The minimum Gasteiger partial charge on any atom is -0.370 e. The third kappa shape index (κ3) is 3.95. The van der Waals surface area contributed by atoms with Gasteiger partial charge in [-0.3, -0.25) is 9.69 Å². The minimum atomic E-state index is 0.105. The van der Waals surface area contributed by atoms with Crippen molar-refractivity contribution in [1.29, 1.82) is 0 Å². The summed E-state index contributed by atoms with van der Waals surface area (Å²) in [6.07, 6.45) is 5.67. The number of hydrogen-bond donors (Lipinski definition) is 1. The van der Waals surface area contributed by atoms with Gasteiger partial charge in [-0.1, -0.05) is 18.6 Å². The van der Waals surface area contributed by atoms with Crippen molar-refractivity contribution in [2.75, 3.05) is 38.0 Å². The van der Waals surface area contributed by atoms with Crippen LogP contribution in [0.3, 0.4) is 0 Å². The molecule has 0 bridgehead atoms. The first-order valence-electron chi connectivity index (χ1n) is 9.95. The molecule has 142 valence electrons. The van der Waals surface area contributed by atoms with Gasteiger partial charge in [-0.05, 0) is 51.1 Å². The largest absolute Gasteiger partial charge is 0.370 e. The second-order valence-corrected chi connectivity index (χ2v) is 7.34. The highest BCUT2D eigenvalue weighted by Gasteiger charge is 2.35. The third-order valence-corrected chi connectivity index (χ3v) is 5.44. The van der Waals surface area contributed by atoms with Crippen LogP contribution >= 0.6 is 0 Å². The molecule has 6 heteroatoms. The fraction of sp³-hybridized carbons (Fsp3) is 0.476. The molecule has 0 saturated carbocycles. The molecule has 0 atom stereocenters. The maximum absolute atomic E-state index is 12.9. The van der Waals surface area contributed by atoms with Gasteiger partial charge in [-0.25, -0.2) is 9.97 Å². The Morgan fingerprint density at radius 2 is 2.00 bits per heavy atom. The molecule has 0 unspecified atom stereocenters. The lowest BCUT2D eigenvalue weighted by Crippen LogP contribution is -2.61. The van der Waals surface area contributed by atoms with E-state index in [1.54, 1.807) is 6.20 Å². The number of amides is 1. The molecule has 2 saturated heterocycles. The standard InChI is InChI=1S/C21H27N5O/c1-2-22-19-9-10-23-20(24-19)16-7-6-8-17(13-16)21(27)26-14-18(15-26)25-11-4-3-5-12-25/h6-10,13,18H,2-5,11-12,14-15H2,1H3,(H,22,23,24). The van der Waals surface area contributed by atoms with Crippen molar-refractivity contribution in [1.82, 2.24) is 19.8 Å². The fourth-order valence-corrected chi connectivity index (χ4v) is 3.89. The Morgan fingerprint density at radius 3 is 2.78 bits per heavy atom. The van der Waals surface area contributed by atoms with Crippen LogP contribution in [-0.2, 0) is 0 Å². The summed E-state index contributed by atoms with van der Waals surface area (Å²) in [6, 6.07) is 10.0. The quantitative estimate of drug-likeness (QED) is 0.883. The maximum atomic E-state index is 12.9. The predicted octanol–water partition coefficient (Wildman–Crippen LogP) is 2.89. The molecule has 1 aromatic heterocycles. The van der Waals surface area contributed by atoms with E-state index in [-0.39, 0.29) is 5.91 Å². The van der Waals surface area contributed by atoms with Crippen molar-refractivity contribution in [2.24, 2.45) is 0 Å². The van der Waals surface area contributed by atoms with E-state index in [1.807, 2.05) is 42.2 Å². The summed E-state index contributed by atoms with van der Waals surface area (Å²) in [7, 11) is 0. The number of likely N-dealkylation sites (tertiary alicyclic amines) is 2. The lowest BCUT2D eigenvalue weighted by Gasteiger charge is -2.46. The SMILES string of the molecule is CCNc1ccnc(-c2cccc(C(=O)N3CC(N4CCCCC4)C3)c2)n1. The summed E-state index contributed by atoms with van der Waals surface area (Å²) >= 11 is 0. The molecular weight excluding hydrogens is 338 g/mol. The van der Waals surface area contributed by atoms with Crippen LogP contribution in [0.15, 0.2) is 36.5 Å². The summed E-state index contributed by atoms with van der Waals surface area (Å²) in [5.74, 6) is 1.54. The molecule has 27 heavy (non-hydrogen) atoms. The van der Waals surface area contributed by atoms with Crippen molar-refractivity contribution in [3.8, 4) is 11.4 Å². The third-order valence-electron chi connectivity index (χ3n) is 5.44. The molecule has 1 aromatic carbocycles. The Kier molecular flexibility index (Phi) is 5.34. The van der Waals surface area contributed by atoms with Gasteiger partial charge < -0.3 is 10.2 Å². The van der Waals surface area contributed by atoms with Crippen molar-refractivity contribution in [2.45, 2.75) is 32.2 Å². The number of rotatable bonds is 5. The molecule has 0 spiro atoms. The number of anilines is 1. The predicted molar refractivity (Wildman–Crippen MR) is 107 cm³/mol. The second kappa shape index (κ2) is 8.05. The molecule has 2 fully saturated rings. The number of hydrogen-bond acceptors (Lipinski definition) is 5. The van der Waals surface area contributed by atoms with E-state index in [0.29, 0.717) is 17.4 Å². The van der Waals surface area contributed by atoms with Crippen molar-refractivity contribution in [3.63, 3.8) is 0 Å². The van der Waals surface area contributed by atoms with Crippen LogP contribution in [0.1, 0.15) is 36.5 Å². The Hall–Kier alpha value is -2.47. The van der Waals surface area contributed by atoms with Crippen LogP contribution < -0.4 is 5.32 Å². The topological polar surface area (TPSA) is 61.4 Å². The molecule has 3 heterocycles. The van der Waals surface area contributed by atoms with Gasteiger partial charge >= 0.3 is 0 Å². The van der Waals surface area contributed by atoms with Gasteiger partial charge in [0.2, 0.25) is 0 Å². The van der Waals surface area contributed by atoms with Crippen molar-refractivity contribution in [3.05, 3.63) is 42.1 Å². The van der Waals surface area contributed by atoms with Crippen LogP contribution in [0.5, 0.6) is 0 Å².